The number of nitrogens with zero attached hydrogens (tertiary/aromatic N) is 1. The molecule has 0 radical (unpaired) electrons. The van der Waals surface area contributed by atoms with Crippen molar-refractivity contribution in [2.75, 3.05) is 19.3 Å². The molecule has 1 aromatic rings. The second-order valence-electron chi connectivity index (χ2n) is 6.96. The lowest BCUT2D eigenvalue weighted by atomic mass is 9.77. The highest BCUT2D eigenvalue weighted by atomic mass is 32.2. The van der Waals surface area contributed by atoms with Crippen molar-refractivity contribution in [2.45, 2.75) is 48.0 Å². The molecule has 6 nitrogen and oxygen atoms in total. The molecule has 1 heterocycles. The van der Waals surface area contributed by atoms with Gasteiger partial charge in [0.2, 0.25) is 10.0 Å². The summed E-state index contributed by atoms with van der Waals surface area (Å²) in [6.45, 7) is 0.773. The first-order valence-corrected chi connectivity index (χ1v) is 11.5. The maximum Gasteiger partial charge on any atom is 0.243 e. The highest BCUT2D eigenvalue weighted by Gasteiger charge is 2.47. The van der Waals surface area contributed by atoms with Crippen LogP contribution in [-0.2, 0) is 19.9 Å². The van der Waals surface area contributed by atoms with Gasteiger partial charge < -0.3 is 5.11 Å². The molecule has 2 atom stereocenters. The molecular formula is C16H23NO5S2. The summed E-state index contributed by atoms with van der Waals surface area (Å²) in [5.74, 6) is 0. The monoisotopic (exact) mass is 373 g/mol. The zero-order chi connectivity index (χ0) is 17.6. The van der Waals surface area contributed by atoms with Crippen LogP contribution in [0, 0.1) is 5.41 Å². The highest BCUT2D eigenvalue weighted by molar-refractivity contribution is 7.90. The van der Waals surface area contributed by atoms with Gasteiger partial charge >= 0.3 is 0 Å². The van der Waals surface area contributed by atoms with Crippen LogP contribution in [0.15, 0.2) is 34.1 Å². The Hall–Kier alpha value is -0.960. The number of hydrogen-bond acceptors (Lipinski definition) is 5. The van der Waals surface area contributed by atoms with Gasteiger partial charge in [-0.25, -0.2) is 16.8 Å². The lowest BCUT2D eigenvalue weighted by molar-refractivity contribution is 0.0127. The third-order valence-electron chi connectivity index (χ3n) is 5.32. The van der Waals surface area contributed by atoms with Gasteiger partial charge in [0.25, 0.3) is 0 Å². The van der Waals surface area contributed by atoms with Crippen molar-refractivity contribution in [3.8, 4) is 0 Å². The van der Waals surface area contributed by atoms with Crippen molar-refractivity contribution in [3.05, 3.63) is 24.3 Å². The van der Waals surface area contributed by atoms with E-state index in [0.29, 0.717) is 13.1 Å². The summed E-state index contributed by atoms with van der Waals surface area (Å²) in [5.41, 5.74) is -0.321. The second-order valence-corrected chi connectivity index (χ2v) is 10.9. The number of sulfonamides is 1. The maximum absolute atomic E-state index is 12.9. The number of sulfone groups is 1. The molecule has 0 bridgehead atoms. The van der Waals surface area contributed by atoms with Gasteiger partial charge in [-0.15, -0.1) is 0 Å². The number of aliphatic hydroxyl groups excluding tert-OH is 1. The van der Waals surface area contributed by atoms with Crippen molar-refractivity contribution in [1.29, 1.82) is 0 Å². The Kier molecular flexibility index (Phi) is 4.53. The van der Waals surface area contributed by atoms with E-state index in [1.54, 1.807) is 0 Å². The van der Waals surface area contributed by atoms with Gasteiger partial charge in [0.15, 0.2) is 9.84 Å². The van der Waals surface area contributed by atoms with Crippen molar-refractivity contribution >= 4 is 19.9 Å². The molecule has 1 aliphatic carbocycles. The summed E-state index contributed by atoms with van der Waals surface area (Å²) in [6.07, 6.45) is 4.75. The first-order chi connectivity index (χ1) is 11.2. The summed E-state index contributed by atoms with van der Waals surface area (Å²) in [7, 11) is -7.04. The van der Waals surface area contributed by atoms with E-state index in [-0.39, 0.29) is 15.2 Å². The molecule has 24 heavy (non-hydrogen) atoms. The first kappa shape index (κ1) is 17.8. The van der Waals surface area contributed by atoms with Gasteiger partial charge in [0.1, 0.15) is 0 Å². The van der Waals surface area contributed by atoms with Gasteiger partial charge in [-0.1, -0.05) is 6.42 Å². The Balaban J connectivity index is 1.87. The molecule has 1 aromatic carbocycles. The van der Waals surface area contributed by atoms with Gasteiger partial charge in [0.05, 0.1) is 15.9 Å². The second kappa shape index (κ2) is 6.09. The van der Waals surface area contributed by atoms with E-state index >= 15 is 0 Å². The Labute approximate surface area is 143 Å². The number of aliphatic hydroxyl groups is 1. The number of rotatable bonds is 3. The SMILES string of the molecule is CS(=O)(=O)c1ccc(S(=O)(=O)N2CCC[C@@]3(CCC[C@H]3O)C2)cc1. The molecule has 0 amide bonds. The molecule has 2 aliphatic rings. The number of benzene rings is 1. The minimum atomic E-state index is -3.68. The van der Waals surface area contributed by atoms with E-state index in [4.69, 9.17) is 0 Å². The van der Waals surface area contributed by atoms with E-state index in [9.17, 15) is 21.9 Å². The molecule has 2 fully saturated rings. The fourth-order valence-electron chi connectivity index (χ4n) is 3.93. The topological polar surface area (TPSA) is 91.8 Å². The minimum Gasteiger partial charge on any atom is -0.392 e. The lowest BCUT2D eigenvalue weighted by Crippen LogP contribution is -2.49. The lowest BCUT2D eigenvalue weighted by Gasteiger charge is -2.41. The fourth-order valence-corrected chi connectivity index (χ4v) is 6.13. The molecular weight excluding hydrogens is 350 g/mol. The van der Waals surface area contributed by atoms with Crippen LogP contribution in [-0.4, -0.2) is 51.7 Å². The van der Waals surface area contributed by atoms with Crippen molar-refractivity contribution in [3.63, 3.8) is 0 Å². The Bertz CT molecular complexity index is 817. The molecule has 1 N–H and O–H groups in total. The summed E-state index contributed by atoms with van der Waals surface area (Å²) in [5, 5.41) is 10.3. The molecule has 1 aliphatic heterocycles. The van der Waals surface area contributed by atoms with E-state index in [2.05, 4.69) is 0 Å². The molecule has 134 valence electrons. The van der Waals surface area contributed by atoms with E-state index in [1.165, 1.54) is 28.6 Å². The molecule has 1 spiro atoms. The summed E-state index contributed by atoms with van der Waals surface area (Å²) in [4.78, 5) is 0.196. The minimum absolute atomic E-state index is 0.0967. The van der Waals surface area contributed by atoms with E-state index in [0.717, 1.165) is 38.4 Å². The van der Waals surface area contributed by atoms with Crippen LogP contribution in [0.25, 0.3) is 0 Å². The van der Waals surface area contributed by atoms with Crippen molar-refractivity contribution < 1.29 is 21.9 Å². The van der Waals surface area contributed by atoms with E-state index in [1.807, 2.05) is 0 Å². The third kappa shape index (κ3) is 3.12. The smallest absolute Gasteiger partial charge is 0.243 e. The summed E-state index contributed by atoms with van der Waals surface area (Å²) in [6, 6.07) is 5.34. The maximum atomic E-state index is 12.9. The van der Waals surface area contributed by atoms with Crippen molar-refractivity contribution in [1.82, 2.24) is 4.31 Å². The highest BCUT2D eigenvalue weighted by Crippen LogP contribution is 2.46. The molecule has 1 saturated carbocycles. The van der Waals surface area contributed by atoms with Crippen LogP contribution in [0.1, 0.15) is 32.1 Å². The fraction of sp³-hybridized carbons (Fsp3) is 0.625. The van der Waals surface area contributed by atoms with Gasteiger partial charge in [-0.3, -0.25) is 0 Å². The Morgan fingerprint density at radius 1 is 1.04 bits per heavy atom. The molecule has 8 heteroatoms. The standard InChI is InChI=1S/C16H23NO5S2/c1-23(19,20)13-5-7-14(8-6-13)24(21,22)17-11-3-10-16(12-17)9-2-4-15(16)18/h5-8,15,18H,2-4,9-12H2,1H3/t15-,16+/m1/s1. The van der Waals surface area contributed by atoms with Crippen LogP contribution in [0.5, 0.6) is 0 Å². The average Bonchev–Trinajstić information content (AvgIpc) is 2.87. The molecule has 3 rings (SSSR count). The zero-order valence-corrected chi connectivity index (χ0v) is 15.3. The summed E-state index contributed by atoms with van der Waals surface area (Å²) >= 11 is 0. The molecule has 0 unspecified atom stereocenters. The van der Waals surface area contributed by atoms with Crippen LogP contribution >= 0.6 is 0 Å². The van der Waals surface area contributed by atoms with Gasteiger partial charge in [0, 0.05) is 24.8 Å². The normalized spacial score (nSPS) is 29.2. The number of hydrogen-bond donors (Lipinski definition) is 1. The van der Waals surface area contributed by atoms with Crippen LogP contribution < -0.4 is 0 Å². The van der Waals surface area contributed by atoms with Gasteiger partial charge in [-0.2, -0.15) is 4.31 Å². The van der Waals surface area contributed by atoms with Crippen molar-refractivity contribution in [2.24, 2.45) is 5.41 Å². The zero-order valence-electron chi connectivity index (χ0n) is 13.7. The Morgan fingerprint density at radius 3 is 2.17 bits per heavy atom. The van der Waals surface area contributed by atoms with Gasteiger partial charge in [-0.05, 0) is 49.9 Å². The molecule has 0 aromatic heterocycles. The largest absolute Gasteiger partial charge is 0.392 e. The Morgan fingerprint density at radius 2 is 1.62 bits per heavy atom. The predicted molar refractivity (Wildman–Crippen MR) is 89.8 cm³/mol. The molecule has 1 saturated heterocycles. The third-order valence-corrected chi connectivity index (χ3v) is 8.31. The van der Waals surface area contributed by atoms with E-state index < -0.39 is 26.0 Å². The average molecular weight is 373 g/mol. The van der Waals surface area contributed by atoms with Crippen LogP contribution in [0.2, 0.25) is 0 Å². The van der Waals surface area contributed by atoms with Crippen LogP contribution in [0.3, 0.4) is 0 Å². The van der Waals surface area contributed by atoms with Crippen LogP contribution in [0.4, 0.5) is 0 Å². The predicted octanol–water partition coefficient (Wildman–Crippen LogP) is 1.41. The number of piperidine rings is 1. The first-order valence-electron chi connectivity index (χ1n) is 8.14. The quantitative estimate of drug-likeness (QED) is 0.865. The summed E-state index contributed by atoms with van der Waals surface area (Å²) < 4.78 is 50.3.